The van der Waals surface area contributed by atoms with E-state index in [0.29, 0.717) is 12.8 Å². The third kappa shape index (κ3) is 1.97. The quantitative estimate of drug-likeness (QED) is 0.633. The minimum absolute atomic E-state index is 0.0144. The average molecular weight is 195 g/mol. The molecule has 0 unspecified atom stereocenters. The molecule has 1 aliphatic carbocycles. The molecule has 0 aromatic heterocycles. The number of amides is 1. The van der Waals surface area contributed by atoms with Gasteiger partial charge in [0.15, 0.2) is 0 Å². The molecule has 3 nitrogen and oxygen atoms in total. The molecule has 2 aliphatic rings. The number of ketones is 1. The molecule has 1 saturated carbocycles. The summed E-state index contributed by atoms with van der Waals surface area (Å²) in [5.74, 6) is 0.511. The van der Waals surface area contributed by atoms with Gasteiger partial charge in [0.05, 0.1) is 0 Å². The zero-order valence-corrected chi connectivity index (χ0v) is 8.50. The zero-order chi connectivity index (χ0) is 9.97. The monoisotopic (exact) mass is 195 g/mol. The molecule has 0 spiro atoms. The highest BCUT2D eigenvalue weighted by Gasteiger charge is 2.31. The van der Waals surface area contributed by atoms with Crippen molar-refractivity contribution < 1.29 is 9.59 Å². The zero-order valence-electron chi connectivity index (χ0n) is 8.50. The number of hydrogen-bond acceptors (Lipinski definition) is 2. The van der Waals surface area contributed by atoms with Gasteiger partial charge >= 0.3 is 0 Å². The topological polar surface area (TPSA) is 37.4 Å². The summed E-state index contributed by atoms with van der Waals surface area (Å²) in [7, 11) is 0. The van der Waals surface area contributed by atoms with Gasteiger partial charge in [-0.3, -0.25) is 9.59 Å². The number of rotatable bonds is 1. The van der Waals surface area contributed by atoms with Gasteiger partial charge in [0.1, 0.15) is 5.78 Å². The molecule has 1 saturated heterocycles. The van der Waals surface area contributed by atoms with Gasteiger partial charge in [-0.2, -0.15) is 0 Å². The molecule has 1 atom stereocenters. The van der Waals surface area contributed by atoms with E-state index < -0.39 is 0 Å². The summed E-state index contributed by atoms with van der Waals surface area (Å²) in [5.41, 5.74) is 0. The van der Waals surface area contributed by atoms with E-state index in [1.54, 1.807) is 0 Å². The minimum Gasteiger partial charge on any atom is -0.342 e. The van der Waals surface area contributed by atoms with Gasteiger partial charge in [0.2, 0.25) is 5.91 Å². The number of carbonyl (C=O) groups excluding carboxylic acids is 2. The molecule has 2 fully saturated rings. The van der Waals surface area contributed by atoms with E-state index in [9.17, 15) is 9.59 Å². The number of likely N-dealkylation sites (tertiary alicyclic amines) is 1. The molecule has 0 radical (unpaired) electrons. The van der Waals surface area contributed by atoms with E-state index in [1.807, 2.05) is 4.90 Å². The second-order valence-corrected chi connectivity index (χ2v) is 4.36. The van der Waals surface area contributed by atoms with Crippen molar-refractivity contribution in [1.82, 2.24) is 4.90 Å². The molecule has 14 heavy (non-hydrogen) atoms. The van der Waals surface area contributed by atoms with Crippen LogP contribution in [0.4, 0.5) is 0 Å². The van der Waals surface area contributed by atoms with Crippen LogP contribution >= 0.6 is 0 Å². The molecule has 0 aromatic rings. The summed E-state index contributed by atoms with van der Waals surface area (Å²) < 4.78 is 0. The van der Waals surface area contributed by atoms with Gasteiger partial charge < -0.3 is 4.90 Å². The summed E-state index contributed by atoms with van der Waals surface area (Å²) in [6.07, 6.45) is 5.40. The highest BCUT2D eigenvalue weighted by molar-refractivity contribution is 5.90. The van der Waals surface area contributed by atoms with E-state index in [4.69, 9.17) is 0 Å². The molecule has 2 rings (SSSR count). The van der Waals surface area contributed by atoms with Crippen LogP contribution in [0.15, 0.2) is 0 Å². The number of hydrogen-bond donors (Lipinski definition) is 0. The Hall–Kier alpha value is -0.860. The smallest absolute Gasteiger partial charge is 0.226 e. The molecular formula is C11H17NO2. The summed E-state index contributed by atoms with van der Waals surface area (Å²) in [4.78, 5) is 24.9. The Morgan fingerprint density at radius 2 is 1.93 bits per heavy atom. The van der Waals surface area contributed by atoms with Gasteiger partial charge in [-0.25, -0.2) is 0 Å². The standard InChI is InChI=1S/C11H17NO2/c13-10-5-4-9(8-10)11(14)12-6-2-1-3-7-12/h9H,1-8H2/t9-/m0/s1. The first-order valence-electron chi connectivity index (χ1n) is 5.58. The van der Waals surface area contributed by atoms with Crippen LogP contribution in [0, 0.1) is 5.92 Å². The van der Waals surface area contributed by atoms with Crippen LogP contribution in [0.5, 0.6) is 0 Å². The Labute approximate surface area is 84.5 Å². The maximum absolute atomic E-state index is 11.9. The summed E-state index contributed by atoms with van der Waals surface area (Å²) >= 11 is 0. The van der Waals surface area contributed by atoms with E-state index >= 15 is 0 Å². The number of nitrogens with zero attached hydrogens (tertiary/aromatic N) is 1. The van der Waals surface area contributed by atoms with Crippen LogP contribution in [0.2, 0.25) is 0 Å². The summed E-state index contributed by atoms with van der Waals surface area (Å²) in [5, 5.41) is 0. The van der Waals surface area contributed by atoms with Gasteiger partial charge in [-0.05, 0) is 25.7 Å². The lowest BCUT2D eigenvalue weighted by atomic mass is 10.0. The molecule has 1 amide bonds. The van der Waals surface area contributed by atoms with Gasteiger partial charge in [0, 0.05) is 31.8 Å². The highest BCUT2D eigenvalue weighted by Crippen LogP contribution is 2.25. The van der Waals surface area contributed by atoms with Gasteiger partial charge in [-0.15, -0.1) is 0 Å². The van der Waals surface area contributed by atoms with Crippen LogP contribution < -0.4 is 0 Å². The minimum atomic E-state index is 0.0144. The highest BCUT2D eigenvalue weighted by atomic mass is 16.2. The molecule has 0 bridgehead atoms. The van der Waals surface area contributed by atoms with Crippen molar-refractivity contribution in [1.29, 1.82) is 0 Å². The SMILES string of the molecule is O=C1CC[C@H](C(=O)N2CCCCC2)C1. The van der Waals surface area contributed by atoms with Gasteiger partial charge in [-0.1, -0.05) is 0 Å². The van der Waals surface area contributed by atoms with E-state index in [1.165, 1.54) is 6.42 Å². The first-order chi connectivity index (χ1) is 6.77. The summed E-state index contributed by atoms with van der Waals surface area (Å²) in [6.45, 7) is 1.81. The van der Waals surface area contributed by atoms with Crippen LogP contribution in [0.3, 0.4) is 0 Å². The molecule has 1 aliphatic heterocycles. The lowest BCUT2D eigenvalue weighted by Crippen LogP contribution is -2.39. The molecular weight excluding hydrogens is 178 g/mol. The van der Waals surface area contributed by atoms with Crippen molar-refractivity contribution in [2.45, 2.75) is 38.5 Å². The number of carbonyl (C=O) groups is 2. The summed E-state index contributed by atoms with van der Waals surface area (Å²) in [6, 6.07) is 0. The van der Waals surface area contributed by atoms with Crippen molar-refractivity contribution >= 4 is 11.7 Å². The first kappa shape index (κ1) is 9.69. The van der Waals surface area contributed by atoms with Gasteiger partial charge in [0.25, 0.3) is 0 Å². The maximum atomic E-state index is 11.9. The Balaban J connectivity index is 1.90. The average Bonchev–Trinajstić information content (AvgIpc) is 2.65. The van der Waals surface area contributed by atoms with Crippen molar-refractivity contribution in [3.63, 3.8) is 0 Å². The van der Waals surface area contributed by atoms with Crippen molar-refractivity contribution in [3.05, 3.63) is 0 Å². The van der Waals surface area contributed by atoms with Crippen LogP contribution in [0.1, 0.15) is 38.5 Å². The lowest BCUT2D eigenvalue weighted by molar-refractivity contribution is -0.137. The van der Waals surface area contributed by atoms with Crippen LogP contribution in [-0.2, 0) is 9.59 Å². The Morgan fingerprint density at radius 1 is 1.21 bits per heavy atom. The fourth-order valence-corrected chi connectivity index (χ4v) is 2.40. The first-order valence-corrected chi connectivity index (χ1v) is 5.58. The van der Waals surface area contributed by atoms with Crippen molar-refractivity contribution in [2.24, 2.45) is 5.92 Å². The second-order valence-electron chi connectivity index (χ2n) is 4.36. The second kappa shape index (κ2) is 4.11. The third-order valence-electron chi connectivity index (χ3n) is 3.26. The predicted octanol–water partition coefficient (Wildman–Crippen LogP) is 1.37. The fourth-order valence-electron chi connectivity index (χ4n) is 2.40. The molecule has 0 aromatic carbocycles. The number of piperidine rings is 1. The predicted molar refractivity (Wildman–Crippen MR) is 52.8 cm³/mol. The third-order valence-corrected chi connectivity index (χ3v) is 3.26. The van der Waals surface area contributed by atoms with E-state index in [-0.39, 0.29) is 17.6 Å². The maximum Gasteiger partial charge on any atom is 0.226 e. The molecule has 0 N–H and O–H groups in total. The van der Waals surface area contributed by atoms with E-state index in [2.05, 4.69) is 0 Å². The molecule has 1 heterocycles. The fraction of sp³-hybridized carbons (Fsp3) is 0.818. The molecule has 3 heteroatoms. The van der Waals surface area contributed by atoms with E-state index in [0.717, 1.165) is 32.4 Å². The van der Waals surface area contributed by atoms with Crippen LogP contribution in [-0.4, -0.2) is 29.7 Å². The molecule has 78 valence electrons. The Morgan fingerprint density at radius 3 is 2.50 bits per heavy atom. The number of Topliss-reactive ketones (excluding diaryl/α,β-unsaturated/α-hetero) is 1. The largest absolute Gasteiger partial charge is 0.342 e. The normalized spacial score (nSPS) is 28.1. The van der Waals surface area contributed by atoms with Crippen LogP contribution in [0.25, 0.3) is 0 Å². The Bertz CT molecular complexity index is 244. The lowest BCUT2D eigenvalue weighted by Gasteiger charge is -2.28. The Kier molecular flexibility index (Phi) is 2.85. The van der Waals surface area contributed by atoms with Crippen molar-refractivity contribution in [3.8, 4) is 0 Å². The van der Waals surface area contributed by atoms with Crippen molar-refractivity contribution in [2.75, 3.05) is 13.1 Å².